The molecule has 1 atom stereocenters. The lowest BCUT2D eigenvalue weighted by Crippen LogP contribution is -2.20. The number of Topliss-reactive ketones (excluding diaryl/α,β-unsaturated/α-hetero) is 1. The van der Waals surface area contributed by atoms with Gasteiger partial charge in [-0.1, -0.05) is 29.3 Å². The number of carbonyl (C=O) groups is 2. The van der Waals surface area contributed by atoms with Crippen molar-refractivity contribution >= 4 is 23.4 Å². The molecule has 0 bridgehead atoms. The molecule has 16 heavy (non-hydrogen) atoms. The minimum absolute atomic E-state index is 0.620. The summed E-state index contributed by atoms with van der Waals surface area (Å²) in [5, 5.41) is -0.981. The van der Waals surface area contributed by atoms with E-state index in [2.05, 4.69) is 4.74 Å². The average molecular weight is 241 g/mol. The van der Waals surface area contributed by atoms with Crippen molar-refractivity contribution < 1.29 is 14.3 Å². The molecule has 0 heterocycles. The monoisotopic (exact) mass is 240 g/mol. The highest BCUT2D eigenvalue weighted by molar-refractivity contribution is 6.47. The molecule has 86 valence electrons. The van der Waals surface area contributed by atoms with Crippen LogP contribution in [-0.2, 0) is 14.3 Å². The fraction of sp³-hybridized carbons (Fsp3) is 0.333. The van der Waals surface area contributed by atoms with Crippen LogP contribution in [0.25, 0.3) is 0 Å². The standard InChI is InChI=1S/C12H13ClO3/c1-7-4-8(2)6-9(5-7)10(13)11(14)12(15)16-3/h4-6,10H,1-3H3. The first kappa shape index (κ1) is 12.7. The van der Waals surface area contributed by atoms with Crippen LogP contribution in [0.2, 0.25) is 0 Å². The van der Waals surface area contributed by atoms with E-state index in [9.17, 15) is 9.59 Å². The van der Waals surface area contributed by atoms with Crippen molar-refractivity contribution in [3.63, 3.8) is 0 Å². The van der Waals surface area contributed by atoms with E-state index < -0.39 is 17.1 Å². The molecule has 4 heteroatoms. The summed E-state index contributed by atoms with van der Waals surface area (Å²) in [5.41, 5.74) is 2.62. The van der Waals surface area contributed by atoms with Gasteiger partial charge in [0.25, 0.3) is 5.78 Å². The number of carbonyl (C=O) groups excluding carboxylic acids is 2. The van der Waals surface area contributed by atoms with Gasteiger partial charge in [0.15, 0.2) is 0 Å². The molecule has 1 aromatic carbocycles. The number of hydrogen-bond donors (Lipinski definition) is 0. The second-order valence-electron chi connectivity index (χ2n) is 3.64. The Kier molecular flexibility index (Phi) is 4.07. The summed E-state index contributed by atoms with van der Waals surface area (Å²) >= 11 is 5.92. The van der Waals surface area contributed by atoms with Gasteiger partial charge < -0.3 is 4.74 Å². The van der Waals surface area contributed by atoms with E-state index in [0.717, 1.165) is 18.2 Å². The molecule has 0 aliphatic heterocycles. The number of alkyl halides is 1. The third kappa shape index (κ3) is 2.83. The number of rotatable bonds is 3. The Morgan fingerprint density at radius 1 is 1.19 bits per heavy atom. The summed E-state index contributed by atoms with van der Waals surface area (Å²) < 4.78 is 4.34. The third-order valence-corrected chi connectivity index (χ3v) is 2.60. The summed E-state index contributed by atoms with van der Waals surface area (Å²) in [6, 6.07) is 5.53. The maximum Gasteiger partial charge on any atom is 0.376 e. The van der Waals surface area contributed by atoms with Crippen LogP contribution in [0.4, 0.5) is 0 Å². The van der Waals surface area contributed by atoms with Crippen molar-refractivity contribution in [2.45, 2.75) is 19.2 Å². The molecule has 0 amide bonds. The maximum absolute atomic E-state index is 11.5. The summed E-state index contributed by atoms with van der Waals surface area (Å²) in [6.07, 6.45) is 0. The first-order valence-electron chi connectivity index (χ1n) is 4.80. The van der Waals surface area contributed by atoms with Gasteiger partial charge in [-0.05, 0) is 19.4 Å². The van der Waals surface area contributed by atoms with Crippen LogP contribution in [0, 0.1) is 13.8 Å². The zero-order valence-electron chi connectivity index (χ0n) is 9.41. The molecular formula is C12H13ClO3. The minimum Gasteiger partial charge on any atom is -0.463 e. The van der Waals surface area contributed by atoms with Crippen molar-refractivity contribution in [2.24, 2.45) is 0 Å². The van der Waals surface area contributed by atoms with Crippen molar-refractivity contribution in [1.82, 2.24) is 0 Å². The summed E-state index contributed by atoms with van der Waals surface area (Å²) in [5.74, 6) is -1.66. The second-order valence-corrected chi connectivity index (χ2v) is 4.08. The Bertz CT molecular complexity index is 406. The van der Waals surface area contributed by atoms with E-state index in [1.54, 1.807) is 12.1 Å². The molecule has 0 aliphatic rings. The van der Waals surface area contributed by atoms with Crippen LogP contribution in [0.1, 0.15) is 22.1 Å². The Morgan fingerprint density at radius 2 is 1.69 bits per heavy atom. The molecule has 0 saturated heterocycles. The number of halogens is 1. The highest BCUT2D eigenvalue weighted by Gasteiger charge is 2.25. The Labute approximate surface area is 99.4 Å². The second kappa shape index (κ2) is 5.12. The fourth-order valence-corrected chi connectivity index (χ4v) is 1.73. The van der Waals surface area contributed by atoms with Crippen molar-refractivity contribution in [2.75, 3.05) is 7.11 Å². The van der Waals surface area contributed by atoms with E-state index in [-0.39, 0.29) is 0 Å². The summed E-state index contributed by atoms with van der Waals surface area (Å²) in [4.78, 5) is 22.5. The first-order valence-corrected chi connectivity index (χ1v) is 5.23. The molecule has 1 rings (SSSR count). The Morgan fingerprint density at radius 3 is 2.12 bits per heavy atom. The largest absolute Gasteiger partial charge is 0.463 e. The number of benzene rings is 1. The van der Waals surface area contributed by atoms with Crippen LogP contribution in [0.5, 0.6) is 0 Å². The van der Waals surface area contributed by atoms with Crippen molar-refractivity contribution in [3.8, 4) is 0 Å². The minimum atomic E-state index is -0.981. The Hall–Kier alpha value is -1.35. The van der Waals surface area contributed by atoms with Gasteiger partial charge in [-0.3, -0.25) is 4.79 Å². The molecule has 0 spiro atoms. The van der Waals surface area contributed by atoms with E-state index in [1.807, 2.05) is 19.9 Å². The SMILES string of the molecule is COC(=O)C(=O)C(Cl)c1cc(C)cc(C)c1. The molecule has 0 aliphatic carbocycles. The topological polar surface area (TPSA) is 43.4 Å². The highest BCUT2D eigenvalue weighted by atomic mass is 35.5. The van der Waals surface area contributed by atoms with E-state index in [0.29, 0.717) is 5.56 Å². The number of esters is 1. The fourth-order valence-electron chi connectivity index (χ4n) is 1.51. The number of ether oxygens (including phenoxy) is 1. The molecule has 0 N–H and O–H groups in total. The molecule has 0 radical (unpaired) electrons. The van der Waals surface area contributed by atoms with Gasteiger partial charge in [0, 0.05) is 0 Å². The van der Waals surface area contributed by atoms with Crippen LogP contribution < -0.4 is 0 Å². The molecule has 1 aromatic rings. The number of aryl methyl sites for hydroxylation is 2. The maximum atomic E-state index is 11.5. The van der Waals surface area contributed by atoms with Gasteiger partial charge in [0.2, 0.25) is 0 Å². The lowest BCUT2D eigenvalue weighted by Gasteiger charge is -2.09. The lowest BCUT2D eigenvalue weighted by atomic mass is 10.0. The van der Waals surface area contributed by atoms with Gasteiger partial charge in [0.1, 0.15) is 5.38 Å². The predicted molar refractivity (Wildman–Crippen MR) is 61.5 cm³/mol. The van der Waals surface area contributed by atoms with E-state index in [1.165, 1.54) is 0 Å². The van der Waals surface area contributed by atoms with Gasteiger partial charge in [-0.2, -0.15) is 0 Å². The van der Waals surface area contributed by atoms with Gasteiger partial charge in [0.05, 0.1) is 7.11 Å². The molecule has 3 nitrogen and oxygen atoms in total. The summed E-state index contributed by atoms with van der Waals surface area (Å²) in [6.45, 7) is 3.81. The predicted octanol–water partition coefficient (Wildman–Crippen LogP) is 2.33. The third-order valence-electron chi connectivity index (χ3n) is 2.15. The molecular weight excluding hydrogens is 228 g/mol. The normalized spacial score (nSPS) is 12.0. The first-order chi connectivity index (χ1) is 7.45. The van der Waals surface area contributed by atoms with Gasteiger partial charge in [-0.25, -0.2) is 4.79 Å². The zero-order chi connectivity index (χ0) is 12.3. The Balaban J connectivity index is 3.00. The van der Waals surface area contributed by atoms with Crippen LogP contribution in [0.3, 0.4) is 0 Å². The number of hydrogen-bond acceptors (Lipinski definition) is 3. The van der Waals surface area contributed by atoms with E-state index in [4.69, 9.17) is 11.6 Å². The van der Waals surface area contributed by atoms with Crippen LogP contribution in [0.15, 0.2) is 18.2 Å². The van der Waals surface area contributed by atoms with Crippen molar-refractivity contribution in [3.05, 3.63) is 34.9 Å². The molecule has 0 saturated carbocycles. The zero-order valence-corrected chi connectivity index (χ0v) is 10.2. The quantitative estimate of drug-likeness (QED) is 0.463. The van der Waals surface area contributed by atoms with Gasteiger partial charge in [-0.15, -0.1) is 11.6 Å². The van der Waals surface area contributed by atoms with Crippen LogP contribution in [-0.4, -0.2) is 18.9 Å². The smallest absolute Gasteiger partial charge is 0.376 e. The van der Waals surface area contributed by atoms with E-state index >= 15 is 0 Å². The highest BCUT2D eigenvalue weighted by Crippen LogP contribution is 2.24. The van der Waals surface area contributed by atoms with Crippen LogP contribution >= 0.6 is 11.6 Å². The number of methoxy groups -OCH3 is 1. The van der Waals surface area contributed by atoms with Gasteiger partial charge >= 0.3 is 5.97 Å². The van der Waals surface area contributed by atoms with Crippen molar-refractivity contribution in [1.29, 1.82) is 0 Å². The average Bonchev–Trinajstić information content (AvgIpc) is 2.24. The molecule has 1 unspecified atom stereocenters. The molecule has 0 fully saturated rings. The number of ketones is 1. The summed E-state index contributed by atoms with van der Waals surface area (Å²) in [7, 11) is 1.16. The lowest BCUT2D eigenvalue weighted by molar-refractivity contribution is -0.151. The molecule has 0 aromatic heterocycles.